The second kappa shape index (κ2) is 5.71. The third kappa shape index (κ3) is 6.17. The minimum Gasteiger partial charge on any atom is -0.747 e. The second-order valence-electron chi connectivity index (χ2n) is 2.23. The van der Waals surface area contributed by atoms with Gasteiger partial charge in [-0.05, 0) is 6.92 Å². The van der Waals surface area contributed by atoms with Crippen LogP contribution in [0.25, 0.3) is 0 Å². The van der Waals surface area contributed by atoms with Crippen LogP contribution in [0.4, 0.5) is 0 Å². The molecule has 1 atom stereocenters. The minimum atomic E-state index is -4.93. The van der Waals surface area contributed by atoms with E-state index in [0.717, 1.165) is 6.92 Å². The number of ketones is 1. The Labute approximate surface area is 97.4 Å². The molecule has 0 aliphatic carbocycles. The summed E-state index contributed by atoms with van der Waals surface area (Å²) in [5.74, 6) is -2.44. The van der Waals surface area contributed by atoms with E-state index in [1.165, 1.54) is 0 Å². The van der Waals surface area contributed by atoms with Crippen molar-refractivity contribution in [2.75, 3.05) is 0 Å². The van der Waals surface area contributed by atoms with Crippen molar-refractivity contribution in [3.05, 3.63) is 0 Å². The standard InChI is InChI=1S/C5H8O6S.Na/c1-3(6)2-4(5(7)8)12(9,10)11;/h4H,2H2,1H3,(H,7,8)(H,9,10,11);/q;+1/p-1. The van der Waals surface area contributed by atoms with E-state index in [4.69, 9.17) is 5.11 Å². The van der Waals surface area contributed by atoms with Crippen LogP contribution in [-0.2, 0) is 19.7 Å². The summed E-state index contributed by atoms with van der Waals surface area (Å²) < 4.78 is 30.7. The van der Waals surface area contributed by atoms with Gasteiger partial charge in [-0.1, -0.05) is 0 Å². The SMILES string of the molecule is CC(=O)CC(C(=O)O)S(=O)(=O)[O-].[Na+]. The number of carbonyl (C=O) groups excluding carboxylic acids is 1. The van der Waals surface area contributed by atoms with Crippen LogP contribution in [0.2, 0.25) is 0 Å². The van der Waals surface area contributed by atoms with Crippen LogP contribution >= 0.6 is 0 Å². The molecule has 0 bridgehead atoms. The average molecular weight is 218 g/mol. The van der Waals surface area contributed by atoms with Gasteiger partial charge in [-0.15, -0.1) is 0 Å². The van der Waals surface area contributed by atoms with E-state index in [1.807, 2.05) is 0 Å². The monoisotopic (exact) mass is 218 g/mol. The molecule has 0 aromatic carbocycles. The first-order valence-electron chi connectivity index (χ1n) is 2.92. The Morgan fingerprint density at radius 3 is 1.92 bits per heavy atom. The summed E-state index contributed by atoms with van der Waals surface area (Å²) in [6.07, 6.45) is -0.777. The molecule has 13 heavy (non-hydrogen) atoms. The normalized spacial score (nSPS) is 12.8. The van der Waals surface area contributed by atoms with Crippen LogP contribution in [0.3, 0.4) is 0 Å². The van der Waals surface area contributed by atoms with E-state index in [2.05, 4.69) is 0 Å². The molecule has 0 aromatic heterocycles. The Kier molecular flexibility index (Phi) is 6.82. The topological polar surface area (TPSA) is 112 Å². The molecule has 8 heteroatoms. The van der Waals surface area contributed by atoms with E-state index >= 15 is 0 Å². The number of carboxylic acid groups (broad SMARTS) is 1. The molecule has 0 saturated carbocycles. The summed E-state index contributed by atoms with van der Waals surface area (Å²) in [4.78, 5) is 20.5. The van der Waals surface area contributed by atoms with Crippen molar-refractivity contribution in [2.24, 2.45) is 0 Å². The largest absolute Gasteiger partial charge is 1.00 e. The van der Waals surface area contributed by atoms with Crippen molar-refractivity contribution >= 4 is 21.9 Å². The van der Waals surface area contributed by atoms with Gasteiger partial charge in [-0.2, -0.15) is 0 Å². The van der Waals surface area contributed by atoms with E-state index in [1.54, 1.807) is 0 Å². The first-order chi connectivity index (χ1) is 5.25. The fourth-order valence-corrected chi connectivity index (χ4v) is 1.26. The quantitative estimate of drug-likeness (QED) is 0.380. The average Bonchev–Trinajstić information content (AvgIpc) is 1.79. The summed E-state index contributed by atoms with van der Waals surface area (Å²) in [5.41, 5.74) is 0. The second-order valence-corrected chi connectivity index (χ2v) is 3.78. The van der Waals surface area contributed by atoms with E-state index in [-0.39, 0.29) is 29.6 Å². The van der Waals surface area contributed by atoms with Crippen molar-refractivity contribution in [1.82, 2.24) is 0 Å². The zero-order chi connectivity index (χ0) is 9.94. The molecule has 0 rings (SSSR count). The molecular weight excluding hydrogens is 211 g/mol. The Hall–Kier alpha value is 0.0500. The van der Waals surface area contributed by atoms with Crippen molar-refractivity contribution < 1.29 is 57.2 Å². The van der Waals surface area contributed by atoms with Crippen LogP contribution in [-0.4, -0.2) is 35.1 Å². The number of Topliss-reactive ketones (excluding diaryl/α,β-unsaturated/α-hetero) is 1. The van der Waals surface area contributed by atoms with Gasteiger partial charge in [0.1, 0.15) is 15.9 Å². The van der Waals surface area contributed by atoms with Gasteiger partial charge in [-0.3, -0.25) is 9.59 Å². The number of hydrogen-bond donors (Lipinski definition) is 1. The van der Waals surface area contributed by atoms with Crippen LogP contribution in [0.5, 0.6) is 0 Å². The molecule has 1 N–H and O–H groups in total. The fourth-order valence-electron chi connectivity index (χ4n) is 0.574. The molecule has 0 radical (unpaired) electrons. The molecule has 0 heterocycles. The Morgan fingerprint density at radius 2 is 1.85 bits per heavy atom. The van der Waals surface area contributed by atoms with E-state index in [9.17, 15) is 22.6 Å². The number of rotatable bonds is 4. The molecule has 0 aromatic rings. The van der Waals surface area contributed by atoms with E-state index in [0.29, 0.717) is 0 Å². The molecule has 0 amide bonds. The molecule has 0 fully saturated rings. The number of hydrogen-bond acceptors (Lipinski definition) is 5. The van der Waals surface area contributed by atoms with Crippen molar-refractivity contribution in [1.29, 1.82) is 0 Å². The first kappa shape index (κ1) is 15.5. The van der Waals surface area contributed by atoms with Crippen LogP contribution in [0.15, 0.2) is 0 Å². The predicted molar refractivity (Wildman–Crippen MR) is 36.4 cm³/mol. The Bertz CT molecular complexity index is 294. The molecule has 1 unspecified atom stereocenters. The number of aliphatic carboxylic acids is 1. The molecule has 0 saturated heterocycles. The molecule has 70 valence electrons. The van der Waals surface area contributed by atoms with Gasteiger partial charge in [0.2, 0.25) is 0 Å². The third-order valence-electron chi connectivity index (χ3n) is 1.10. The first-order valence-corrected chi connectivity index (χ1v) is 4.39. The van der Waals surface area contributed by atoms with E-state index < -0.39 is 33.5 Å². The Balaban J connectivity index is 0. The predicted octanol–water partition coefficient (Wildman–Crippen LogP) is -4.03. The number of carbonyl (C=O) groups is 2. The van der Waals surface area contributed by atoms with Gasteiger partial charge in [0.15, 0.2) is 5.25 Å². The summed E-state index contributed by atoms with van der Waals surface area (Å²) in [6.45, 7) is 1.01. The summed E-state index contributed by atoms with van der Waals surface area (Å²) >= 11 is 0. The van der Waals surface area contributed by atoms with Gasteiger partial charge < -0.3 is 9.66 Å². The van der Waals surface area contributed by atoms with Crippen molar-refractivity contribution in [3.8, 4) is 0 Å². The van der Waals surface area contributed by atoms with Gasteiger partial charge in [0.25, 0.3) is 0 Å². The number of carboxylic acids is 1. The van der Waals surface area contributed by atoms with Crippen molar-refractivity contribution in [3.63, 3.8) is 0 Å². The maximum Gasteiger partial charge on any atom is 1.00 e. The fraction of sp³-hybridized carbons (Fsp3) is 0.600. The third-order valence-corrected chi connectivity index (χ3v) is 2.16. The molecule has 6 nitrogen and oxygen atoms in total. The van der Waals surface area contributed by atoms with Gasteiger partial charge in [0.05, 0.1) is 0 Å². The van der Waals surface area contributed by atoms with Gasteiger partial charge >= 0.3 is 35.5 Å². The maximum atomic E-state index is 10.3. The maximum absolute atomic E-state index is 10.3. The Morgan fingerprint density at radius 1 is 1.46 bits per heavy atom. The van der Waals surface area contributed by atoms with Crippen LogP contribution in [0.1, 0.15) is 13.3 Å². The molecule has 0 aliphatic rings. The molecule has 0 spiro atoms. The zero-order valence-corrected chi connectivity index (χ0v) is 10.00. The van der Waals surface area contributed by atoms with Gasteiger partial charge in [0, 0.05) is 6.42 Å². The summed E-state index contributed by atoms with van der Waals surface area (Å²) in [6, 6.07) is 0. The minimum absolute atomic E-state index is 0. The molecular formula is C5H7NaO6S. The van der Waals surface area contributed by atoms with Crippen LogP contribution < -0.4 is 29.6 Å². The summed E-state index contributed by atoms with van der Waals surface area (Å²) in [5, 5.41) is 6.07. The zero-order valence-electron chi connectivity index (χ0n) is 7.18. The van der Waals surface area contributed by atoms with Gasteiger partial charge in [-0.25, -0.2) is 8.42 Å². The summed E-state index contributed by atoms with van der Waals surface area (Å²) in [7, 11) is -4.93. The smallest absolute Gasteiger partial charge is 0.747 e. The van der Waals surface area contributed by atoms with Crippen molar-refractivity contribution in [2.45, 2.75) is 18.6 Å². The van der Waals surface area contributed by atoms with Crippen LogP contribution in [0, 0.1) is 0 Å². The molecule has 0 aliphatic heterocycles.